The number of hydrogen-bond acceptors (Lipinski definition) is 8. The first-order valence-electron chi connectivity index (χ1n) is 7.75. The lowest BCUT2D eigenvalue weighted by Gasteiger charge is -2.24. The van der Waals surface area contributed by atoms with Crippen molar-refractivity contribution in [3.05, 3.63) is 37.8 Å². The Kier molecular flexibility index (Phi) is 7.82. The zero-order valence-corrected chi connectivity index (χ0v) is 17.9. The van der Waals surface area contributed by atoms with Crippen molar-refractivity contribution < 1.29 is 33.9 Å². The molecule has 10 nitrogen and oxygen atoms in total. The minimum atomic E-state index is -1.65. The van der Waals surface area contributed by atoms with Gasteiger partial charge in [-0.1, -0.05) is 0 Å². The van der Waals surface area contributed by atoms with Crippen molar-refractivity contribution in [1.29, 1.82) is 0 Å². The molecule has 2 atom stereocenters. The second-order valence-corrected chi connectivity index (χ2v) is 7.96. The number of nitrogens with one attached hydrogen (secondary N) is 1. The maximum atomic E-state index is 11.9. The maximum absolute atomic E-state index is 11.9. The van der Waals surface area contributed by atoms with E-state index in [0.717, 1.165) is 13.2 Å². The highest BCUT2D eigenvalue weighted by Gasteiger charge is 2.35. The van der Waals surface area contributed by atoms with E-state index in [1.165, 1.54) is 6.07 Å². The zero-order chi connectivity index (χ0) is 21.8. The second-order valence-electron chi connectivity index (χ2n) is 6.55. The van der Waals surface area contributed by atoms with E-state index in [4.69, 9.17) is 4.74 Å². The van der Waals surface area contributed by atoms with E-state index in [9.17, 15) is 29.6 Å². The Morgan fingerprint density at radius 3 is 2.32 bits per heavy atom. The topological polar surface area (TPSA) is 145 Å². The summed E-state index contributed by atoms with van der Waals surface area (Å²) in [5.41, 5.74) is -1.68. The molecular weight excluding hydrogens is 460 g/mol. The van der Waals surface area contributed by atoms with Crippen LogP contribution in [0.15, 0.2) is 16.6 Å². The number of carbonyl (C=O) groups excluding carboxylic acids is 2. The van der Waals surface area contributed by atoms with Crippen LogP contribution in [0.1, 0.15) is 41.9 Å². The molecule has 12 heteroatoms. The number of nitro groups is 1. The fourth-order valence-electron chi connectivity index (χ4n) is 2.13. The van der Waals surface area contributed by atoms with Crippen molar-refractivity contribution in [2.24, 2.45) is 0 Å². The Labute approximate surface area is 174 Å². The van der Waals surface area contributed by atoms with Crippen LogP contribution < -0.4 is 5.32 Å². The van der Waals surface area contributed by atoms with E-state index in [1.54, 1.807) is 20.8 Å². The standard InChI is InChI=1S/C16H19BrN2O8S/c1-16(2,3)27-15(23)18-11(13(20)21)12(28)8-5-9(17)7(14(22)26-4)6-10(8)19(24)25/h5-6,11-12,28H,1-4H3,(H,18,23)(H,20,21)/t11-,12?/m0/s1. The number of rotatable bonds is 6. The number of carbonyl (C=O) groups is 3. The summed E-state index contributed by atoms with van der Waals surface area (Å²) in [6, 6.07) is 0.489. The number of halogens is 1. The highest BCUT2D eigenvalue weighted by molar-refractivity contribution is 9.10. The van der Waals surface area contributed by atoms with Gasteiger partial charge in [-0.15, -0.1) is 0 Å². The molecule has 0 bridgehead atoms. The highest BCUT2D eigenvalue weighted by atomic mass is 79.9. The fourth-order valence-corrected chi connectivity index (χ4v) is 3.06. The van der Waals surface area contributed by atoms with Crippen molar-refractivity contribution in [3.8, 4) is 0 Å². The van der Waals surface area contributed by atoms with Gasteiger partial charge in [0.15, 0.2) is 0 Å². The van der Waals surface area contributed by atoms with Crippen molar-refractivity contribution >= 4 is 52.3 Å². The van der Waals surface area contributed by atoms with Gasteiger partial charge in [0, 0.05) is 16.1 Å². The Balaban J connectivity index is 3.36. The monoisotopic (exact) mass is 478 g/mol. The summed E-state index contributed by atoms with van der Waals surface area (Å²) in [4.78, 5) is 46.0. The molecule has 2 N–H and O–H groups in total. The number of hydrogen-bond donors (Lipinski definition) is 3. The van der Waals surface area contributed by atoms with Gasteiger partial charge in [0.25, 0.3) is 5.69 Å². The third kappa shape index (κ3) is 6.09. The predicted molar refractivity (Wildman–Crippen MR) is 105 cm³/mol. The number of amides is 1. The number of nitrogens with zero attached hydrogens (tertiary/aromatic N) is 1. The molecule has 1 rings (SSSR count). The van der Waals surface area contributed by atoms with Crippen molar-refractivity contribution in [3.63, 3.8) is 0 Å². The van der Waals surface area contributed by atoms with E-state index >= 15 is 0 Å². The molecule has 1 unspecified atom stereocenters. The quantitative estimate of drug-likeness (QED) is 0.244. The van der Waals surface area contributed by atoms with Crippen LogP contribution in [0.3, 0.4) is 0 Å². The molecule has 1 amide bonds. The molecule has 0 aliphatic rings. The number of ether oxygens (including phenoxy) is 2. The molecule has 0 fully saturated rings. The maximum Gasteiger partial charge on any atom is 0.408 e. The Hall–Kier alpha value is -2.34. The van der Waals surface area contributed by atoms with Crippen LogP contribution in [0.5, 0.6) is 0 Å². The van der Waals surface area contributed by atoms with Crippen LogP contribution in [0.2, 0.25) is 0 Å². The van der Waals surface area contributed by atoms with E-state index in [2.05, 4.69) is 38.6 Å². The number of nitro benzene ring substituents is 1. The van der Waals surface area contributed by atoms with Crippen LogP contribution in [0, 0.1) is 10.1 Å². The van der Waals surface area contributed by atoms with Gasteiger partial charge in [-0.3, -0.25) is 10.1 Å². The molecule has 0 heterocycles. The minimum absolute atomic E-state index is 0.120. The Bertz CT molecular complexity index is 809. The van der Waals surface area contributed by atoms with Gasteiger partial charge in [0.1, 0.15) is 11.6 Å². The molecular formula is C16H19BrN2O8S. The lowest BCUT2D eigenvalue weighted by Crippen LogP contribution is -2.45. The normalized spacial score (nSPS) is 13.2. The third-order valence-corrected chi connectivity index (χ3v) is 4.52. The van der Waals surface area contributed by atoms with Crippen molar-refractivity contribution in [2.45, 2.75) is 37.7 Å². The number of aliphatic carboxylic acids is 1. The number of thiol groups is 1. The summed E-state index contributed by atoms with van der Waals surface area (Å²) in [5, 5.41) is 21.7. The fraction of sp³-hybridized carbons (Fsp3) is 0.438. The molecule has 0 saturated carbocycles. The number of carboxylic acids is 1. The molecule has 154 valence electrons. The molecule has 0 aliphatic carbocycles. The van der Waals surface area contributed by atoms with Gasteiger partial charge in [0.2, 0.25) is 0 Å². The van der Waals surface area contributed by atoms with Crippen molar-refractivity contribution in [1.82, 2.24) is 5.32 Å². The van der Waals surface area contributed by atoms with Gasteiger partial charge >= 0.3 is 18.0 Å². The number of carboxylic acid groups (broad SMARTS) is 1. The van der Waals surface area contributed by atoms with Crippen LogP contribution in [-0.4, -0.2) is 46.8 Å². The number of esters is 1. The summed E-state index contributed by atoms with van der Waals surface area (Å²) in [6.45, 7) is 4.77. The van der Waals surface area contributed by atoms with Crippen LogP contribution in [0.25, 0.3) is 0 Å². The number of methoxy groups -OCH3 is 1. The number of alkyl carbamates (subject to hydrolysis) is 1. The number of benzene rings is 1. The van der Waals surface area contributed by atoms with E-state index in [1.807, 2.05) is 0 Å². The lowest BCUT2D eigenvalue weighted by molar-refractivity contribution is -0.385. The lowest BCUT2D eigenvalue weighted by atomic mass is 10.0. The first-order chi connectivity index (χ1) is 12.8. The first kappa shape index (κ1) is 23.7. The van der Waals surface area contributed by atoms with Gasteiger partial charge < -0.3 is 19.9 Å². The van der Waals surface area contributed by atoms with Gasteiger partial charge in [-0.2, -0.15) is 12.6 Å². The zero-order valence-electron chi connectivity index (χ0n) is 15.4. The molecule has 1 aromatic carbocycles. The molecule has 28 heavy (non-hydrogen) atoms. The predicted octanol–water partition coefficient (Wildman–Crippen LogP) is 3.09. The van der Waals surface area contributed by atoms with Crippen LogP contribution >= 0.6 is 28.6 Å². The Morgan fingerprint density at radius 2 is 1.89 bits per heavy atom. The summed E-state index contributed by atoms with van der Waals surface area (Å²) < 4.78 is 9.72. The van der Waals surface area contributed by atoms with E-state index in [0.29, 0.717) is 0 Å². The summed E-state index contributed by atoms with van der Waals surface area (Å²) in [5.74, 6) is -2.30. The molecule has 0 saturated heterocycles. The summed E-state index contributed by atoms with van der Waals surface area (Å²) in [6.07, 6.45) is -1.02. The van der Waals surface area contributed by atoms with E-state index in [-0.39, 0.29) is 15.6 Å². The minimum Gasteiger partial charge on any atom is -0.480 e. The molecule has 0 spiro atoms. The third-order valence-electron chi connectivity index (χ3n) is 3.29. The van der Waals surface area contributed by atoms with Crippen LogP contribution in [0.4, 0.5) is 10.5 Å². The second kappa shape index (κ2) is 9.24. The van der Waals surface area contributed by atoms with Crippen LogP contribution in [-0.2, 0) is 14.3 Å². The van der Waals surface area contributed by atoms with Crippen molar-refractivity contribution in [2.75, 3.05) is 7.11 Å². The van der Waals surface area contributed by atoms with Gasteiger partial charge in [0.05, 0.1) is 22.8 Å². The molecule has 0 radical (unpaired) electrons. The molecule has 0 aromatic heterocycles. The average molecular weight is 479 g/mol. The summed E-state index contributed by atoms with van der Waals surface area (Å²) >= 11 is 7.27. The summed E-state index contributed by atoms with van der Waals surface area (Å²) in [7, 11) is 1.11. The van der Waals surface area contributed by atoms with Gasteiger partial charge in [-0.25, -0.2) is 14.4 Å². The van der Waals surface area contributed by atoms with E-state index < -0.39 is 45.5 Å². The Morgan fingerprint density at radius 1 is 1.32 bits per heavy atom. The molecule has 0 aliphatic heterocycles. The SMILES string of the molecule is COC(=O)c1cc([N+](=O)[O-])c(C(S)[C@H](NC(=O)OC(C)(C)C)C(=O)O)cc1Br. The largest absolute Gasteiger partial charge is 0.480 e. The first-order valence-corrected chi connectivity index (χ1v) is 9.06. The van der Waals surface area contributed by atoms with Gasteiger partial charge in [-0.05, 0) is 42.8 Å². The molecule has 1 aromatic rings. The smallest absolute Gasteiger partial charge is 0.408 e. The average Bonchev–Trinajstić information content (AvgIpc) is 2.56. The highest BCUT2D eigenvalue weighted by Crippen LogP contribution is 2.36.